The summed E-state index contributed by atoms with van der Waals surface area (Å²) in [5.74, 6) is -6.37. The summed E-state index contributed by atoms with van der Waals surface area (Å²) in [5.41, 5.74) is 18.2. The van der Waals surface area contributed by atoms with Gasteiger partial charge in [-0.1, -0.05) is 83.2 Å². The van der Waals surface area contributed by atoms with Gasteiger partial charge in [0.05, 0.1) is 6.10 Å². The van der Waals surface area contributed by atoms with E-state index < -0.39 is 102 Å². The lowest BCUT2D eigenvalue weighted by Gasteiger charge is -2.29. The van der Waals surface area contributed by atoms with Crippen molar-refractivity contribution in [3.05, 3.63) is 35.9 Å². The first-order valence-corrected chi connectivity index (χ1v) is 22.3. The number of benzene rings is 1. The number of aliphatic hydroxyl groups excluding tert-OH is 1. The molecular weight excluding hydrogens is 815 g/mol. The first kappa shape index (κ1) is 54.0. The molecule has 0 bridgehead atoms. The molecule has 1 aliphatic rings. The van der Waals surface area contributed by atoms with E-state index in [1.165, 1.54) is 6.92 Å². The highest BCUT2D eigenvalue weighted by atomic mass is 16.3. The second-order valence-electron chi connectivity index (χ2n) is 16.1. The van der Waals surface area contributed by atoms with Crippen LogP contribution >= 0.6 is 0 Å². The Morgan fingerprint density at radius 2 is 1.14 bits per heavy atom. The smallest absolute Gasteiger partial charge is 0.245 e. The summed E-state index contributed by atoms with van der Waals surface area (Å²) in [6.07, 6.45) is 3.10. The van der Waals surface area contributed by atoms with Crippen LogP contribution < -0.4 is 59.7 Å². The quantitative estimate of drug-likeness (QED) is 0.0711. The maximum absolute atomic E-state index is 14.2. The number of carbonyl (C=O) groups excluding carboxylic acids is 8. The Labute approximate surface area is 370 Å². The number of rotatable bonds is 18. The summed E-state index contributed by atoms with van der Waals surface area (Å²) >= 11 is 0. The standard InChI is InChI=1S/C43H73N11O9/c1-5-7-8-9-13-16-34(56)48-32-20-24-47-42(62)36(27(4)55)54-40(60)31(19-23-46)50-37(57)30(18-22-45)51-43(63)35(26(3)6-2)53-41(61)33(25-28-14-11-10-12-15-28)52-38(58)29(17-21-44)49-39(32)59/h10-12,14-15,26-27,29-33,35-36,55H,5-9,13,16-25,44-46H2,1-4H3,(H,47,62)(H,48,56)(H,49,59)(H,50,57)(H,51,63)(H,52,58)(H,53,61)(H,54,60)/t26-,27+,29?,30-,31-,32?,33+,35-,36?/m0/s1. The number of hydrogen-bond acceptors (Lipinski definition) is 12. The molecule has 0 spiro atoms. The molecule has 1 aromatic rings. The monoisotopic (exact) mass is 888 g/mol. The Kier molecular flexibility index (Phi) is 25.0. The minimum atomic E-state index is -1.53. The van der Waals surface area contributed by atoms with Crippen molar-refractivity contribution in [2.75, 3.05) is 26.2 Å². The van der Waals surface area contributed by atoms with Crippen LogP contribution in [0, 0.1) is 5.92 Å². The average Bonchev–Trinajstić information content (AvgIpc) is 3.25. The summed E-state index contributed by atoms with van der Waals surface area (Å²) in [7, 11) is 0. The number of unbranched alkanes of at least 4 members (excludes halogenated alkanes) is 4. The summed E-state index contributed by atoms with van der Waals surface area (Å²) in [5, 5.41) is 31.7. The number of hydrogen-bond donors (Lipinski definition) is 12. The van der Waals surface area contributed by atoms with Gasteiger partial charge in [-0.2, -0.15) is 0 Å². The Morgan fingerprint density at radius 3 is 1.68 bits per heavy atom. The SMILES string of the molecule is CCCCCCCC(=O)NC1CCNC(=O)C([C@@H](C)O)NC(=O)[C@H](CCN)NC(=O)[C@H](CCN)NC(=O)[C@H]([C@@H](C)CC)NC(=O)[C@@H](Cc2ccccc2)NC(=O)C(CCN)NC1=O. The third kappa shape index (κ3) is 19.0. The largest absolute Gasteiger partial charge is 0.391 e. The molecule has 20 nitrogen and oxygen atoms in total. The first-order chi connectivity index (χ1) is 30.1. The zero-order valence-corrected chi connectivity index (χ0v) is 37.3. The van der Waals surface area contributed by atoms with E-state index in [0.29, 0.717) is 18.4 Å². The molecule has 1 aliphatic heterocycles. The molecule has 0 radical (unpaired) electrons. The van der Waals surface area contributed by atoms with Crippen molar-refractivity contribution in [1.82, 2.24) is 42.5 Å². The van der Waals surface area contributed by atoms with E-state index in [9.17, 15) is 43.5 Å². The van der Waals surface area contributed by atoms with Gasteiger partial charge in [0.2, 0.25) is 47.3 Å². The van der Waals surface area contributed by atoms with Crippen LogP contribution in [0.2, 0.25) is 0 Å². The fourth-order valence-electron chi connectivity index (χ4n) is 6.93. The summed E-state index contributed by atoms with van der Waals surface area (Å²) in [4.78, 5) is 110. The molecule has 1 saturated heterocycles. The Balaban J connectivity index is 2.65. The molecule has 8 amide bonds. The molecule has 2 rings (SSSR count). The van der Waals surface area contributed by atoms with Gasteiger partial charge < -0.3 is 64.8 Å². The van der Waals surface area contributed by atoms with E-state index in [1.54, 1.807) is 37.3 Å². The molecule has 15 N–H and O–H groups in total. The highest BCUT2D eigenvalue weighted by molar-refractivity contribution is 5.98. The van der Waals surface area contributed by atoms with Crippen molar-refractivity contribution >= 4 is 47.3 Å². The second-order valence-corrected chi connectivity index (χ2v) is 16.1. The van der Waals surface area contributed by atoms with Crippen LogP contribution in [0.5, 0.6) is 0 Å². The van der Waals surface area contributed by atoms with Crippen LogP contribution in [0.4, 0.5) is 0 Å². The third-order valence-electron chi connectivity index (χ3n) is 10.9. The number of aliphatic hydroxyl groups is 1. The van der Waals surface area contributed by atoms with E-state index >= 15 is 0 Å². The van der Waals surface area contributed by atoms with Crippen LogP contribution in [-0.4, -0.2) is 127 Å². The molecule has 3 unspecified atom stereocenters. The van der Waals surface area contributed by atoms with E-state index in [4.69, 9.17) is 17.2 Å². The lowest BCUT2D eigenvalue weighted by Crippen LogP contribution is -2.61. The summed E-state index contributed by atoms with van der Waals surface area (Å²) in [6.45, 7) is 6.49. The van der Waals surface area contributed by atoms with Gasteiger partial charge in [0.15, 0.2) is 0 Å². The molecule has 0 aromatic heterocycles. The van der Waals surface area contributed by atoms with E-state index in [-0.39, 0.29) is 64.7 Å². The predicted octanol–water partition coefficient (Wildman–Crippen LogP) is -2.02. The highest BCUT2D eigenvalue weighted by Crippen LogP contribution is 2.12. The maximum Gasteiger partial charge on any atom is 0.245 e. The molecule has 63 heavy (non-hydrogen) atoms. The highest BCUT2D eigenvalue weighted by Gasteiger charge is 2.36. The number of nitrogens with two attached hydrogens (primary N) is 3. The Hall–Kier alpha value is -5.18. The molecule has 20 heteroatoms. The lowest BCUT2D eigenvalue weighted by molar-refractivity contribution is -0.136. The topological polar surface area (TPSA) is 331 Å². The van der Waals surface area contributed by atoms with Crippen molar-refractivity contribution in [3.63, 3.8) is 0 Å². The Morgan fingerprint density at radius 1 is 0.651 bits per heavy atom. The van der Waals surface area contributed by atoms with Gasteiger partial charge in [0.1, 0.15) is 42.3 Å². The summed E-state index contributed by atoms with van der Waals surface area (Å²) < 4.78 is 0. The van der Waals surface area contributed by atoms with Crippen LogP contribution in [0.25, 0.3) is 0 Å². The van der Waals surface area contributed by atoms with Crippen molar-refractivity contribution in [2.24, 2.45) is 23.1 Å². The second kappa shape index (κ2) is 29.2. The first-order valence-electron chi connectivity index (χ1n) is 22.3. The van der Waals surface area contributed by atoms with Crippen LogP contribution in [0.3, 0.4) is 0 Å². The average molecular weight is 888 g/mol. The summed E-state index contributed by atoms with van der Waals surface area (Å²) in [6, 6.07) is -0.297. The van der Waals surface area contributed by atoms with Gasteiger partial charge in [-0.05, 0) is 70.1 Å². The van der Waals surface area contributed by atoms with Gasteiger partial charge in [0.25, 0.3) is 0 Å². The predicted molar refractivity (Wildman–Crippen MR) is 237 cm³/mol. The van der Waals surface area contributed by atoms with E-state index in [0.717, 1.165) is 25.7 Å². The molecule has 1 aromatic carbocycles. The number of amides is 8. The molecular formula is C43H73N11O9. The maximum atomic E-state index is 14.2. The van der Waals surface area contributed by atoms with Crippen molar-refractivity contribution in [1.29, 1.82) is 0 Å². The van der Waals surface area contributed by atoms with E-state index in [2.05, 4.69) is 49.5 Å². The van der Waals surface area contributed by atoms with Crippen LogP contribution in [0.1, 0.15) is 104 Å². The van der Waals surface area contributed by atoms with Gasteiger partial charge >= 0.3 is 0 Å². The van der Waals surface area contributed by atoms with Crippen molar-refractivity contribution in [3.8, 4) is 0 Å². The van der Waals surface area contributed by atoms with Crippen molar-refractivity contribution in [2.45, 2.75) is 153 Å². The lowest BCUT2D eigenvalue weighted by atomic mass is 9.96. The normalized spacial score (nSPS) is 24.9. The molecule has 354 valence electrons. The van der Waals surface area contributed by atoms with E-state index in [1.807, 2.05) is 6.92 Å². The minimum Gasteiger partial charge on any atom is -0.391 e. The van der Waals surface area contributed by atoms with Crippen molar-refractivity contribution < 1.29 is 43.5 Å². The molecule has 1 heterocycles. The fraction of sp³-hybridized carbons (Fsp3) is 0.674. The molecule has 0 aliphatic carbocycles. The Bertz CT molecular complexity index is 1630. The molecule has 9 atom stereocenters. The fourth-order valence-corrected chi connectivity index (χ4v) is 6.93. The molecule has 0 saturated carbocycles. The van der Waals surface area contributed by atoms with Gasteiger partial charge in [-0.15, -0.1) is 0 Å². The molecule has 1 fully saturated rings. The van der Waals surface area contributed by atoms with Crippen LogP contribution in [-0.2, 0) is 44.8 Å². The minimum absolute atomic E-state index is 0.0105. The zero-order chi connectivity index (χ0) is 46.9. The number of carbonyl (C=O) groups is 8. The van der Waals surface area contributed by atoms with Gasteiger partial charge in [0, 0.05) is 19.4 Å². The number of nitrogens with one attached hydrogen (secondary N) is 8. The van der Waals surface area contributed by atoms with Crippen LogP contribution in [0.15, 0.2) is 30.3 Å². The van der Waals surface area contributed by atoms with Gasteiger partial charge in [-0.25, -0.2) is 0 Å². The van der Waals surface area contributed by atoms with Gasteiger partial charge in [-0.3, -0.25) is 38.4 Å². The third-order valence-corrected chi connectivity index (χ3v) is 10.9. The zero-order valence-electron chi connectivity index (χ0n) is 37.3.